The van der Waals surface area contributed by atoms with Gasteiger partial charge in [-0.05, 0) is 34.0 Å². The van der Waals surface area contributed by atoms with Crippen LogP contribution in [0.4, 0.5) is 0 Å². The van der Waals surface area contributed by atoms with Gasteiger partial charge in [0.05, 0.1) is 9.89 Å². The predicted molar refractivity (Wildman–Crippen MR) is 77.3 cm³/mol. The van der Waals surface area contributed by atoms with Crippen molar-refractivity contribution in [3.63, 3.8) is 0 Å². The first kappa shape index (κ1) is 16.1. The zero-order valence-electron chi connectivity index (χ0n) is 10.4. The highest BCUT2D eigenvalue weighted by Gasteiger charge is 2.21. The highest BCUT2D eigenvalue weighted by Crippen LogP contribution is 2.25. The molecule has 7 heteroatoms. The van der Waals surface area contributed by atoms with Crippen LogP contribution in [-0.4, -0.2) is 26.2 Å². The van der Waals surface area contributed by atoms with E-state index in [0.29, 0.717) is 0 Å². The average Bonchev–Trinajstić information content (AvgIpc) is 2.76. The Balaban J connectivity index is 2.62. The minimum absolute atomic E-state index is 0.0597. The molecule has 18 heavy (non-hydrogen) atoms. The molecule has 0 aromatic carbocycles. The fourth-order valence-corrected chi connectivity index (χ4v) is 4.81. The second-order valence-corrected chi connectivity index (χ2v) is 8.51. The molecule has 1 atom stereocenters. The van der Waals surface area contributed by atoms with Crippen LogP contribution in [0.2, 0.25) is 0 Å². The lowest BCUT2D eigenvalue weighted by molar-refractivity contribution is 0.107. The van der Waals surface area contributed by atoms with Gasteiger partial charge < -0.3 is 5.11 Å². The lowest BCUT2D eigenvalue weighted by Gasteiger charge is -2.20. The number of nitrogens with one attached hydrogen (secondary N) is 1. The first-order valence-corrected chi connectivity index (χ1v) is 8.93. The minimum Gasteiger partial charge on any atom is -0.391 e. The molecule has 1 heterocycles. The minimum atomic E-state index is -3.51. The van der Waals surface area contributed by atoms with Crippen molar-refractivity contribution >= 4 is 37.3 Å². The highest BCUT2D eigenvalue weighted by atomic mass is 79.9. The molecule has 0 spiro atoms. The van der Waals surface area contributed by atoms with E-state index in [0.717, 1.165) is 28.0 Å². The molecule has 1 unspecified atom stereocenters. The fraction of sp³-hybridized carbons (Fsp3) is 0.636. The van der Waals surface area contributed by atoms with Crippen molar-refractivity contribution in [2.24, 2.45) is 5.92 Å². The Bertz CT molecular complexity index is 468. The van der Waals surface area contributed by atoms with E-state index in [1.165, 1.54) is 0 Å². The Morgan fingerprint density at radius 2 is 2.00 bits per heavy atom. The Kier molecular flexibility index (Phi) is 6.26. The molecular formula is C11H18BrNO3S2. The Morgan fingerprint density at radius 3 is 2.44 bits per heavy atom. The molecule has 0 saturated heterocycles. The molecule has 1 aromatic rings. The van der Waals surface area contributed by atoms with Crippen LogP contribution in [0.15, 0.2) is 20.1 Å². The van der Waals surface area contributed by atoms with E-state index in [4.69, 9.17) is 0 Å². The van der Waals surface area contributed by atoms with Gasteiger partial charge in [0, 0.05) is 6.54 Å². The molecule has 0 bridgehead atoms. The van der Waals surface area contributed by atoms with Gasteiger partial charge >= 0.3 is 0 Å². The van der Waals surface area contributed by atoms with E-state index < -0.39 is 16.1 Å². The van der Waals surface area contributed by atoms with Crippen LogP contribution in [0.1, 0.15) is 26.7 Å². The van der Waals surface area contributed by atoms with Crippen LogP contribution in [-0.2, 0) is 10.0 Å². The van der Waals surface area contributed by atoms with Crippen LogP contribution >= 0.6 is 27.3 Å². The van der Waals surface area contributed by atoms with Gasteiger partial charge in [0.1, 0.15) is 4.21 Å². The third-order valence-corrected chi connectivity index (χ3v) is 6.43. The second kappa shape index (κ2) is 7.00. The Labute approximate surface area is 121 Å². The molecule has 0 aliphatic rings. The lowest BCUT2D eigenvalue weighted by Crippen LogP contribution is -2.35. The smallest absolute Gasteiger partial charge is 0.250 e. The van der Waals surface area contributed by atoms with E-state index in [1.807, 2.05) is 13.8 Å². The summed E-state index contributed by atoms with van der Waals surface area (Å²) in [4.78, 5) is 0. The number of hydrogen-bond acceptors (Lipinski definition) is 4. The van der Waals surface area contributed by atoms with Crippen LogP contribution in [0, 0.1) is 5.92 Å². The number of thiophene rings is 1. The molecule has 0 amide bonds. The molecule has 104 valence electrons. The first-order chi connectivity index (χ1) is 8.40. The summed E-state index contributed by atoms with van der Waals surface area (Å²) in [6, 6.07) is 3.23. The zero-order valence-corrected chi connectivity index (χ0v) is 13.6. The summed E-state index contributed by atoms with van der Waals surface area (Å²) in [5.74, 6) is 0.128. The fourth-order valence-electron chi connectivity index (χ4n) is 1.71. The summed E-state index contributed by atoms with van der Waals surface area (Å²) in [5.41, 5.74) is 0. The molecule has 0 saturated carbocycles. The number of hydrogen-bond donors (Lipinski definition) is 2. The number of aliphatic hydroxyl groups is 1. The molecular weight excluding hydrogens is 338 g/mol. The first-order valence-electron chi connectivity index (χ1n) is 5.83. The van der Waals surface area contributed by atoms with E-state index in [9.17, 15) is 13.5 Å². The molecule has 4 nitrogen and oxygen atoms in total. The lowest BCUT2D eigenvalue weighted by atomic mass is 9.97. The molecule has 1 aromatic heterocycles. The third-order valence-electron chi connectivity index (χ3n) is 2.89. The van der Waals surface area contributed by atoms with Gasteiger partial charge in [0.25, 0.3) is 0 Å². The summed E-state index contributed by atoms with van der Waals surface area (Å²) in [6.45, 7) is 4.04. The van der Waals surface area contributed by atoms with Gasteiger partial charge in [-0.3, -0.25) is 0 Å². The van der Waals surface area contributed by atoms with Crippen LogP contribution < -0.4 is 4.72 Å². The van der Waals surface area contributed by atoms with Gasteiger partial charge in [0.15, 0.2) is 0 Å². The topological polar surface area (TPSA) is 66.4 Å². The van der Waals surface area contributed by atoms with Gasteiger partial charge in [-0.25, -0.2) is 13.1 Å². The van der Waals surface area contributed by atoms with Crippen molar-refractivity contribution in [2.45, 2.75) is 37.0 Å². The Hall–Kier alpha value is 0.0500. The molecule has 0 aliphatic carbocycles. The summed E-state index contributed by atoms with van der Waals surface area (Å²) >= 11 is 4.38. The quantitative estimate of drug-likeness (QED) is 0.789. The van der Waals surface area contributed by atoms with Crippen LogP contribution in [0.5, 0.6) is 0 Å². The van der Waals surface area contributed by atoms with E-state index in [-0.39, 0.29) is 16.7 Å². The second-order valence-electron chi connectivity index (χ2n) is 4.05. The van der Waals surface area contributed by atoms with E-state index >= 15 is 0 Å². The van der Waals surface area contributed by atoms with Crippen molar-refractivity contribution in [3.8, 4) is 0 Å². The maximum Gasteiger partial charge on any atom is 0.250 e. The average molecular weight is 356 g/mol. The summed E-state index contributed by atoms with van der Waals surface area (Å²) in [6.07, 6.45) is 1.03. The molecule has 0 fully saturated rings. The largest absolute Gasteiger partial charge is 0.391 e. The van der Waals surface area contributed by atoms with Gasteiger partial charge in [-0.15, -0.1) is 11.3 Å². The number of rotatable bonds is 7. The standard InChI is InChI=1S/C11H18BrNO3S2/c1-3-8(4-2)9(14)7-13-18(15,16)11-6-5-10(12)17-11/h5-6,8-9,13-14H,3-4,7H2,1-2H3. The molecule has 1 rings (SSSR count). The highest BCUT2D eigenvalue weighted by molar-refractivity contribution is 9.11. The van der Waals surface area contributed by atoms with Gasteiger partial charge in [-0.1, -0.05) is 26.7 Å². The van der Waals surface area contributed by atoms with E-state index in [2.05, 4.69) is 20.7 Å². The van der Waals surface area contributed by atoms with Gasteiger partial charge in [0.2, 0.25) is 10.0 Å². The SMILES string of the molecule is CCC(CC)C(O)CNS(=O)(=O)c1ccc(Br)s1. The monoisotopic (exact) mass is 355 g/mol. The van der Waals surface area contributed by atoms with Crippen LogP contribution in [0.25, 0.3) is 0 Å². The number of sulfonamides is 1. The summed E-state index contributed by atoms with van der Waals surface area (Å²) < 4.78 is 27.3. The number of halogens is 1. The maximum absolute atomic E-state index is 11.9. The predicted octanol–water partition coefficient (Wildman–Crippen LogP) is 2.59. The van der Waals surface area contributed by atoms with Crippen LogP contribution in [0.3, 0.4) is 0 Å². The summed E-state index contributed by atoms with van der Waals surface area (Å²) in [7, 11) is -3.51. The molecule has 0 radical (unpaired) electrons. The normalized spacial score (nSPS) is 14.1. The van der Waals surface area contributed by atoms with Gasteiger partial charge in [-0.2, -0.15) is 0 Å². The summed E-state index contributed by atoms with van der Waals surface area (Å²) in [5, 5.41) is 9.89. The molecule has 0 aliphatic heterocycles. The Morgan fingerprint density at radius 1 is 1.39 bits per heavy atom. The van der Waals surface area contributed by atoms with Crippen molar-refractivity contribution in [1.29, 1.82) is 0 Å². The van der Waals surface area contributed by atoms with Crippen molar-refractivity contribution in [2.75, 3.05) is 6.54 Å². The molecule has 2 N–H and O–H groups in total. The van der Waals surface area contributed by atoms with Crippen molar-refractivity contribution in [1.82, 2.24) is 4.72 Å². The van der Waals surface area contributed by atoms with Crippen molar-refractivity contribution < 1.29 is 13.5 Å². The third kappa shape index (κ3) is 4.31. The van der Waals surface area contributed by atoms with Crippen molar-refractivity contribution in [3.05, 3.63) is 15.9 Å². The van der Waals surface area contributed by atoms with E-state index in [1.54, 1.807) is 12.1 Å². The number of aliphatic hydroxyl groups excluding tert-OH is 1. The maximum atomic E-state index is 11.9. The zero-order chi connectivity index (χ0) is 13.8.